The molecule has 5 heteroatoms. The van der Waals surface area contributed by atoms with Crippen LogP contribution in [0, 0.1) is 11.8 Å². The van der Waals surface area contributed by atoms with E-state index in [4.69, 9.17) is 10.5 Å². The van der Waals surface area contributed by atoms with Gasteiger partial charge in [-0.05, 0) is 39.2 Å². The summed E-state index contributed by atoms with van der Waals surface area (Å²) in [6, 6.07) is 0. The molecule has 0 rings (SSSR count). The molecule has 0 bridgehead atoms. The highest BCUT2D eigenvalue weighted by molar-refractivity contribution is 5.67. The van der Waals surface area contributed by atoms with E-state index in [1.165, 1.54) is 0 Å². The third kappa shape index (κ3) is 9.24. The first kappa shape index (κ1) is 17.2. The highest BCUT2D eigenvalue weighted by Gasteiger charge is 2.18. The average Bonchev–Trinajstić information content (AvgIpc) is 2.20. The molecule has 0 aliphatic heterocycles. The molecule has 1 atom stereocenters. The van der Waals surface area contributed by atoms with Crippen molar-refractivity contribution in [1.29, 1.82) is 0 Å². The van der Waals surface area contributed by atoms with E-state index in [9.17, 15) is 4.79 Å². The van der Waals surface area contributed by atoms with Crippen LogP contribution in [0.15, 0.2) is 0 Å². The fraction of sp³-hybridized carbons (Fsp3) is 0.923. The summed E-state index contributed by atoms with van der Waals surface area (Å²) < 4.78 is 5.20. The van der Waals surface area contributed by atoms with E-state index in [1.54, 1.807) is 0 Å². The second-order valence-electron chi connectivity index (χ2n) is 5.88. The first-order chi connectivity index (χ1) is 8.26. The third-order valence-electron chi connectivity index (χ3n) is 2.58. The van der Waals surface area contributed by atoms with Gasteiger partial charge in [0.05, 0.1) is 0 Å². The molecule has 0 spiro atoms. The van der Waals surface area contributed by atoms with Gasteiger partial charge >= 0.3 is 6.09 Å². The lowest BCUT2D eigenvalue weighted by Gasteiger charge is -2.24. The molecule has 0 aliphatic rings. The monoisotopic (exact) mass is 259 g/mol. The molecule has 0 aromatic carbocycles. The van der Waals surface area contributed by atoms with Gasteiger partial charge in [-0.2, -0.15) is 0 Å². The molecular formula is C13H29N3O2. The minimum atomic E-state index is -0.449. The van der Waals surface area contributed by atoms with Crippen molar-refractivity contribution >= 4 is 6.09 Å². The first-order valence-corrected chi connectivity index (χ1v) is 6.64. The van der Waals surface area contributed by atoms with Crippen molar-refractivity contribution in [2.24, 2.45) is 17.6 Å². The Morgan fingerprint density at radius 1 is 1.28 bits per heavy atom. The Morgan fingerprint density at radius 3 is 2.33 bits per heavy atom. The number of nitrogens with one attached hydrogen (secondary N) is 2. The molecule has 0 aromatic heterocycles. The van der Waals surface area contributed by atoms with Crippen molar-refractivity contribution in [2.75, 3.05) is 26.2 Å². The Kier molecular flexibility index (Phi) is 7.95. The van der Waals surface area contributed by atoms with E-state index < -0.39 is 5.60 Å². The van der Waals surface area contributed by atoms with Gasteiger partial charge in [0, 0.05) is 19.6 Å². The number of ether oxygens (including phenoxy) is 1. The van der Waals surface area contributed by atoms with E-state index in [0.29, 0.717) is 24.9 Å². The Morgan fingerprint density at radius 2 is 1.89 bits per heavy atom. The molecule has 1 amide bonds. The van der Waals surface area contributed by atoms with Gasteiger partial charge in [0.1, 0.15) is 5.60 Å². The normalized spacial score (nSPS) is 13.5. The fourth-order valence-electron chi connectivity index (χ4n) is 1.46. The fourth-order valence-corrected chi connectivity index (χ4v) is 1.46. The summed E-state index contributed by atoms with van der Waals surface area (Å²) in [6.07, 6.45) is -0.355. The van der Waals surface area contributed by atoms with Crippen molar-refractivity contribution in [3.63, 3.8) is 0 Å². The van der Waals surface area contributed by atoms with E-state index in [-0.39, 0.29) is 6.09 Å². The molecule has 0 aliphatic carbocycles. The smallest absolute Gasteiger partial charge is 0.407 e. The standard InChI is InChI=1S/C13H29N3O2/c1-10(2)11(8-15-7-6-14)9-16-12(17)18-13(3,4)5/h10-11,15H,6-9,14H2,1-5H3,(H,16,17). The van der Waals surface area contributed by atoms with Crippen LogP contribution < -0.4 is 16.4 Å². The van der Waals surface area contributed by atoms with Gasteiger partial charge in [0.25, 0.3) is 0 Å². The van der Waals surface area contributed by atoms with Crippen LogP contribution in [0.4, 0.5) is 4.79 Å². The van der Waals surface area contributed by atoms with Gasteiger partial charge in [-0.15, -0.1) is 0 Å². The Labute approximate surface area is 111 Å². The molecule has 0 saturated heterocycles. The number of carbonyl (C=O) groups excluding carboxylic acids is 1. The van der Waals surface area contributed by atoms with Gasteiger partial charge in [-0.3, -0.25) is 0 Å². The van der Waals surface area contributed by atoms with Crippen LogP contribution in [0.1, 0.15) is 34.6 Å². The number of hydrogen-bond acceptors (Lipinski definition) is 4. The zero-order valence-corrected chi connectivity index (χ0v) is 12.4. The number of carbonyl (C=O) groups is 1. The summed E-state index contributed by atoms with van der Waals surface area (Å²) in [4.78, 5) is 11.5. The van der Waals surface area contributed by atoms with Crippen LogP contribution in [0.25, 0.3) is 0 Å². The van der Waals surface area contributed by atoms with Gasteiger partial charge in [0.15, 0.2) is 0 Å². The zero-order valence-electron chi connectivity index (χ0n) is 12.4. The topological polar surface area (TPSA) is 76.4 Å². The van der Waals surface area contributed by atoms with Gasteiger partial charge < -0.3 is 21.1 Å². The summed E-state index contributed by atoms with van der Waals surface area (Å²) >= 11 is 0. The molecule has 4 N–H and O–H groups in total. The lowest BCUT2D eigenvalue weighted by Crippen LogP contribution is -2.40. The molecule has 18 heavy (non-hydrogen) atoms. The maximum atomic E-state index is 11.5. The molecule has 0 radical (unpaired) electrons. The summed E-state index contributed by atoms with van der Waals surface area (Å²) in [6.45, 7) is 12.8. The predicted octanol–water partition coefficient (Wildman–Crippen LogP) is 1.33. The lowest BCUT2D eigenvalue weighted by molar-refractivity contribution is 0.0515. The van der Waals surface area contributed by atoms with Crippen LogP contribution in [0.5, 0.6) is 0 Å². The van der Waals surface area contributed by atoms with Crippen LogP contribution in [0.2, 0.25) is 0 Å². The van der Waals surface area contributed by atoms with Crippen molar-refractivity contribution in [1.82, 2.24) is 10.6 Å². The third-order valence-corrected chi connectivity index (χ3v) is 2.58. The van der Waals surface area contributed by atoms with Crippen LogP contribution in [0.3, 0.4) is 0 Å². The Hall–Kier alpha value is -0.810. The molecular weight excluding hydrogens is 230 g/mol. The lowest BCUT2D eigenvalue weighted by atomic mass is 9.96. The number of hydrogen-bond donors (Lipinski definition) is 3. The summed E-state index contributed by atoms with van der Waals surface area (Å²) in [5, 5.41) is 6.09. The number of alkyl carbamates (subject to hydrolysis) is 1. The second kappa shape index (κ2) is 8.32. The second-order valence-corrected chi connectivity index (χ2v) is 5.88. The molecule has 0 aromatic rings. The molecule has 5 nitrogen and oxygen atoms in total. The Balaban J connectivity index is 3.99. The van der Waals surface area contributed by atoms with Gasteiger partial charge in [-0.25, -0.2) is 4.79 Å². The summed E-state index contributed by atoms with van der Waals surface area (Å²) in [7, 11) is 0. The van der Waals surface area contributed by atoms with Crippen LogP contribution in [-0.4, -0.2) is 37.9 Å². The molecule has 0 saturated carbocycles. The SMILES string of the molecule is CC(C)C(CNCCN)CNC(=O)OC(C)(C)C. The van der Waals surface area contributed by atoms with E-state index >= 15 is 0 Å². The van der Waals surface area contributed by atoms with Crippen molar-refractivity contribution in [3.05, 3.63) is 0 Å². The number of nitrogens with two attached hydrogens (primary N) is 1. The van der Waals surface area contributed by atoms with Crippen molar-refractivity contribution < 1.29 is 9.53 Å². The van der Waals surface area contributed by atoms with Crippen molar-refractivity contribution in [3.8, 4) is 0 Å². The van der Waals surface area contributed by atoms with E-state index in [1.807, 2.05) is 20.8 Å². The average molecular weight is 259 g/mol. The highest BCUT2D eigenvalue weighted by atomic mass is 16.6. The summed E-state index contributed by atoms with van der Waals surface area (Å²) in [5.41, 5.74) is 4.98. The van der Waals surface area contributed by atoms with E-state index in [2.05, 4.69) is 24.5 Å². The Bertz CT molecular complexity index is 237. The first-order valence-electron chi connectivity index (χ1n) is 6.64. The molecule has 0 heterocycles. The highest BCUT2D eigenvalue weighted by Crippen LogP contribution is 2.10. The van der Waals surface area contributed by atoms with Crippen molar-refractivity contribution in [2.45, 2.75) is 40.2 Å². The summed E-state index contributed by atoms with van der Waals surface area (Å²) in [5.74, 6) is 0.870. The number of rotatable bonds is 7. The quantitative estimate of drug-likeness (QED) is 0.603. The number of amides is 1. The zero-order chi connectivity index (χ0) is 14.2. The van der Waals surface area contributed by atoms with Gasteiger partial charge in [-0.1, -0.05) is 13.8 Å². The van der Waals surface area contributed by atoms with Crippen LogP contribution >= 0.6 is 0 Å². The predicted molar refractivity (Wildman–Crippen MR) is 74.5 cm³/mol. The molecule has 108 valence electrons. The maximum absolute atomic E-state index is 11.5. The molecule has 0 fully saturated rings. The minimum absolute atomic E-state index is 0.355. The maximum Gasteiger partial charge on any atom is 0.407 e. The van der Waals surface area contributed by atoms with E-state index in [0.717, 1.165) is 13.1 Å². The molecule has 1 unspecified atom stereocenters. The minimum Gasteiger partial charge on any atom is -0.444 e. The van der Waals surface area contributed by atoms with Crippen LogP contribution in [-0.2, 0) is 4.74 Å². The van der Waals surface area contributed by atoms with Gasteiger partial charge in [0.2, 0.25) is 0 Å². The largest absolute Gasteiger partial charge is 0.444 e.